The lowest BCUT2D eigenvalue weighted by atomic mass is 10.2. The van der Waals surface area contributed by atoms with E-state index in [9.17, 15) is 23.2 Å². The van der Waals surface area contributed by atoms with Gasteiger partial charge in [-0.05, 0) is 49.4 Å². The van der Waals surface area contributed by atoms with Gasteiger partial charge in [0.2, 0.25) is 0 Å². The van der Waals surface area contributed by atoms with E-state index in [2.05, 4.69) is 10.1 Å². The number of carbonyl (C=O) groups is 3. The maximum absolute atomic E-state index is 12.2. The number of hydrogen-bond acceptors (Lipinski definition) is 6. The minimum absolute atomic E-state index is 0.0373. The van der Waals surface area contributed by atoms with E-state index in [0.29, 0.717) is 11.3 Å². The second-order valence-electron chi connectivity index (χ2n) is 5.33. The molecule has 0 unspecified atom stereocenters. The second kappa shape index (κ2) is 10.0. The van der Waals surface area contributed by atoms with Gasteiger partial charge in [0.05, 0.1) is 17.7 Å². The quantitative estimate of drug-likeness (QED) is 0.693. The fraction of sp³-hybridized carbons (Fsp3) is 0.211. The molecule has 0 aromatic heterocycles. The zero-order valence-electron chi connectivity index (χ0n) is 14.8. The van der Waals surface area contributed by atoms with Gasteiger partial charge in [0.25, 0.3) is 5.91 Å². The average molecular weight is 393 g/mol. The molecule has 0 bridgehead atoms. The molecule has 0 aliphatic carbocycles. The van der Waals surface area contributed by atoms with E-state index in [4.69, 9.17) is 9.47 Å². The van der Waals surface area contributed by atoms with Crippen molar-refractivity contribution in [1.82, 2.24) is 0 Å². The minimum Gasteiger partial charge on any atom is -0.462 e. The Morgan fingerprint density at radius 3 is 2.29 bits per heavy atom. The second-order valence-corrected chi connectivity index (χ2v) is 5.33. The summed E-state index contributed by atoms with van der Waals surface area (Å²) in [6.45, 7) is -1.67. The molecule has 148 valence electrons. The third-order valence-corrected chi connectivity index (χ3v) is 3.31. The van der Waals surface area contributed by atoms with Crippen LogP contribution in [0, 0.1) is 0 Å². The van der Waals surface area contributed by atoms with Crippen LogP contribution in [0.4, 0.5) is 14.5 Å². The zero-order chi connectivity index (χ0) is 20.5. The number of amides is 1. The Bertz CT molecular complexity index is 839. The first-order valence-corrected chi connectivity index (χ1v) is 8.18. The Balaban J connectivity index is 1.86. The smallest absolute Gasteiger partial charge is 0.387 e. The highest BCUT2D eigenvalue weighted by Gasteiger charge is 2.13. The summed E-state index contributed by atoms with van der Waals surface area (Å²) >= 11 is 0. The average Bonchev–Trinajstić information content (AvgIpc) is 2.66. The molecule has 2 aromatic rings. The van der Waals surface area contributed by atoms with Crippen LogP contribution in [0.15, 0.2) is 48.5 Å². The molecule has 0 aliphatic heterocycles. The third-order valence-electron chi connectivity index (χ3n) is 3.31. The molecule has 0 saturated carbocycles. The molecular weight excluding hydrogens is 376 g/mol. The summed E-state index contributed by atoms with van der Waals surface area (Å²) in [5, 5.41) is 2.49. The van der Waals surface area contributed by atoms with Crippen LogP contribution in [0.3, 0.4) is 0 Å². The van der Waals surface area contributed by atoms with Gasteiger partial charge in [-0.2, -0.15) is 8.78 Å². The van der Waals surface area contributed by atoms with Gasteiger partial charge in [-0.3, -0.25) is 4.79 Å². The molecule has 28 heavy (non-hydrogen) atoms. The molecule has 0 radical (unpaired) electrons. The maximum Gasteiger partial charge on any atom is 0.387 e. The minimum atomic E-state index is -3.02. The van der Waals surface area contributed by atoms with Gasteiger partial charge in [-0.25, -0.2) is 9.59 Å². The first kappa shape index (κ1) is 20.8. The highest BCUT2D eigenvalue weighted by atomic mass is 19.3. The lowest BCUT2D eigenvalue weighted by molar-refractivity contribution is -0.119. The Hall–Kier alpha value is -3.49. The molecule has 0 aliphatic rings. The molecule has 0 atom stereocenters. The molecule has 7 nitrogen and oxygen atoms in total. The number of benzene rings is 2. The number of esters is 2. The fourth-order valence-corrected chi connectivity index (χ4v) is 2.11. The Kier molecular flexibility index (Phi) is 7.44. The number of ether oxygens (including phenoxy) is 3. The largest absolute Gasteiger partial charge is 0.462 e. The molecule has 1 amide bonds. The van der Waals surface area contributed by atoms with Crippen molar-refractivity contribution in [3.63, 3.8) is 0 Å². The van der Waals surface area contributed by atoms with E-state index in [1.165, 1.54) is 42.5 Å². The highest BCUT2D eigenvalue weighted by molar-refractivity contribution is 5.96. The van der Waals surface area contributed by atoms with Crippen molar-refractivity contribution < 1.29 is 37.4 Å². The molecule has 2 rings (SSSR count). The maximum atomic E-state index is 12.2. The number of alkyl halides is 2. The van der Waals surface area contributed by atoms with Crippen LogP contribution in [0.5, 0.6) is 5.75 Å². The van der Waals surface area contributed by atoms with Gasteiger partial charge in [0, 0.05) is 5.69 Å². The summed E-state index contributed by atoms with van der Waals surface area (Å²) in [5.41, 5.74) is 0.684. The zero-order valence-corrected chi connectivity index (χ0v) is 14.8. The topological polar surface area (TPSA) is 90.9 Å². The van der Waals surface area contributed by atoms with Gasteiger partial charge in [0.1, 0.15) is 5.75 Å². The number of nitrogens with one attached hydrogen (secondary N) is 1. The predicted octanol–water partition coefficient (Wildman–Crippen LogP) is 3.26. The summed E-state index contributed by atoms with van der Waals surface area (Å²) in [7, 11) is 0. The normalized spacial score (nSPS) is 10.3. The fourth-order valence-electron chi connectivity index (χ4n) is 2.11. The number of rotatable bonds is 8. The molecule has 2 aromatic carbocycles. The van der Waals surface area contributed by atoms with E-state index in [1.807, 2.05) is 0 Å². The molecule has 0 spiro atoms. The van der Waals surface area contributed by atoms with Gasteiger partial charge in [0.15, 0.2) is 6.61 Å². The lowest BCUT2D eigenvalue weighted by Crippen LogP contribution is -2.21. The van der Waals surface area contributed by atoms with Crippen LogP contribution in [0.1, 0.15) is 27.6 Å². The molecule has 0 fully saturated rings. The van der Waals surface area contributed by atoms with Crippen molar-refractivity contribution in [3.8, 4) is 5.75 Å². The molecule has 9 heteroatoms. The summed E-state index contributed by atoms with van der Waals surface area (Å²) in [6.07, 6.45) is 0. The molecule has 0 heterocycles. The summed E-state index contributed by atoms with van der Waals surface area (Å²) < 4.78 is 38.3. The van der Waals surface area contributed by atoms with Crippen LogP contribution >= 0.6 is 0 Å². The first-order chi connectivity index (χ1) is 13.4. The van der Waals surface area contributed by atoms with Crippen molar-refractivity contribution in [2.45, 2.75) is 13.5 Å². The Morgan fingerprint density at radius 1 is 0.964 bits per heavy atom. The first-order valence-electron chi connectivity index (χ1n) is 8.18. The van der Waals surface area contributed by atoms with Gasteiger partial charge in [-0.15, -0.1) is 0 Å². The third kappa shape index (κ3) is 6.35. The number of halogens is 2. The SMILES string of the molecule is CCOC(=O)c1ccc(NC(=O)COC(=O)c2cccc(OC(F)F)c2)cc1. The van der Waals surface area contributed by atoms with Gasteiger partial charge in [-0.1, -0.05) is 6.07 Å². The Morgan fingerprint density at radius 2 is 1.64 bits per heavy atom. The highest BCUT2D eigenvalue weighted by Crippen LogP contribution is 2.16. The van der Waals surface area contributed by atoms with E-state index in [-0.39, 0.29) is 17.9 Å². The van der Waals surface area contributed by atoms with E-state index in [1.54, 1.807) is 6.92 Å². The summed E-state index contributed by atoms with van der Waals surface area (Å²) in [6, 6.07) is 11.0. The summed E-state index contributed by atoms with van der Waals surface area (Å²) in [4.78, 5) is 35.4. The molecular formula is C19H17F2NO6. The van der Waals surface area contributed by atoms with Crippen LogP contribution in [-0.4, -0.2) is 37.7 Å². The van der Waals surface area contributed by atoms with Crippen molar-refractivity contribution in [2.75, 3.05) is 18.5 Å². The summed E-state index contributed by atoms with van der Waals surface area (Å²) in [5.74, 6) is -2.16. The van der Waals surface area contributed by atoms with E-state index in [0.717, 1.165) is 6.07 Å². The van der Waals surface area contributed by atoms with Gasteiger partial charge >= 0.3 is 18.6 Å². The lowest BCUT2D eigenvalue weighted by Gasteiger charge is -2.09. The Labute approximate surface area is 159 Å². The van der Waals surface area contributed by atoms with Crippen molar-refractivity contribution in [3.05, 3.63) is 59.7 Å². The number of carbonyl (C=O) groups excluding carboxylic acids is 3. The van der Waals surface area contributed by atoms with Crippen molar-refractivity contribution in [1.29, 1.82) is 0 Å². The number of anilines is 1. The van der Waals surface area contributed by atoms with Gasteiger partial charge < -0.3 is 19.5 Å². The monoisotopic (exact) mass is 393 g/mol. The van der Waals surface area contributed by atoms with Crippen molar-refractivity contribution in [2.24, 2.45) is 0 Å². The van der Waals surface area contributed by atoms with E-state index >= 15 is 0 Å². The molecule has 0 saturated heterocycles. The van der Waals surface area contributed by atoms with Crippen LogP contribution in [0.25, 0.3) is 0 Å². The predicted molar refractivity (Wildman–Crippen MR) is 94.4 cm³/mol. The van der Waals surface area contributed by atoms with E-state index < -0.39 is 31.1 Å². The van der Waals surface area contributed by atoms with Crippen molar-refractivity contribution >= 4 is 23.5 Å². The standard InChI is InChI=1S/C19H17F2NO6/c1-2-26-17(24)12-6-8-14(9-7-12)22-16(23)11-27-18(25)13-4-3-5-15(10-13)28-19(20)21/h3-10,19H,2,11H2,1H3,(H,22,23). The number of hydrogen-bond donors (Lipinski definition) is 1. The molecule has 1 N–H and O–H groups in total. The van der Waals surface area contributed by atoms with Crippen LogP contribution in [-0.2, 0) is 14.3 Å². The van der Waals surface area contributed by atoms with Crippen LogP contribution in [0.2, 0.25) is 0 Å². The van der Waals surface area contributed by atoms with Crippen LogP contribution < -0.4 is 10.1 Å².